The number of nitro groups is 4. The number of fused-ring (bicyclic) bond motifs is 2. The van der Waals surface area contributed by atoms with Gasteiger partial charge in [0, 0.05) is 0 Å². The molecule has 3 rings (SSSR count). The summed E-state index contributed by atoms with van der Waals surface area (Å²) in [6.07, 6.45) is 0. The molecule has 1 aliphatic rings. The summed E-state index contributed by atoms with van der Waals surface area (Å²) in [4.78, 5) is 41.4. The molecule has 0 bridgehead atoms. The van der Waals surface area contributed by atoms with E-state index in [0.29, 0.717) is 0 Å². The van der Waals surface area contributed by atoms with Gasteiger partial charge in [0.2, 0.25) is 0 Å². The van der Waals surface area contributed by atoms with E-state index in [-0.39, 0.29) is 75.9 Å². The first-order valence-electron chi connectivity index (χ1n) is 10.8. The highest BCUT2D eigenvalue weighted by molar-refractivity contribution is 5.63. The molecule has 0 amide bonds. The molecule has 0 aliphatic carbocycles. The van der Waals surface area contributed by atoms with Gasteiger partial charge < -0.3 is 28.4 Å². The van der Waals surface area contributed by atoms with Gasteiger partial charge in [-0.15, -0.1) is 0 Å². The molecule has 1 heterocycles. The summed E-state index contributed by atoms with van der Waals surface area (Å²) in [7, 11) is 0. The van der Waals surface area contributed by atoms with E-state index < -0.39 is 42.4 Å². The van der Waals surface area contributed by atoms with Crippen molar-refractivity contribution in [2.24, 2.45) is 0 Å². The van der Waals surface area contributed by atoms with E-state index >= 15 is 0 Å². The van der Waals surface area contributed by atoms with E-state index in [1.165, 1.54) is 0 Å². The van der Waals surface area contributed by atoms with Gasteiger partial charge in [0.15, 0.2) is 23.0 Å². The Balaban J connectivity index is 1.77. The van der Waals surface area contributed by atoms with Crippen molar-refractivity contribution in [1.29, 1.82) is 0 Å². The smallest absolute Gasteiger partial charge is 0.350 e. The van der Waals surface area contributed by atoms with Crippen LogP contribution in [0.25, 0.3) is 0 Å². The highest BCUT2D eigenvalue weighted by atomic mass is 16.7. The Bertz CT molecular complexity index is 1040. The highest BCUT2D eigenvalue weighted by Gasteiger charge is 2.30. The van der Waals surface area contributed by atoms with E-state index in [4.69, 9.17) is 28.4 Å². The minimum atomic E-state index is -0.916. The molecular weight excluding hydrogens is 520 g/mol. The topological polar surface area (TPSA) is 228 Å². The van der Waals surface area contributed by atoms with Crippen LogP contribution in [0.15, 0.2) is 24.3 Å². The molecule has 0 saturated carbocycles. The highest BCUT2D eigenvalue weighted by Crippen LogP contribution is 2.40. The van der Waals surface area contributed by atoms with Crippen molar-refractivity contribution in [1.82, 2.24) is 0 Å². The number of nitro benzene ring substituents is 4. The van der Waals surface area contributed by atoms with Crippen LogP contribution < -0.4 is 18.9 Å². The monoisotopic (exact) mass is 540 g/mol. The second-order valence-corrected chi connectivity index (χ2v) is 7.22. The quantitative estimate of drug-likeness (QED) is 0.401. The lowest BCUT2D eigenvalue weighted by Gasteiger charge is -2.15. The first-order chi connectivity index (χ1) is 18.2. The summed E-state index contributed by atoms with van der Waals surface area (Å²) in [6.45, 7) is -0.668. The molecule has 1 aliphatic heterocycles. The standard InChI is InChI=1S/C20H20N4O14/c25-21(26)13-9-17-18(10-14(13)22(27)28)37-7-3-34-4-8-38-20-12-16(24(31)32)15(23(29)30)11-19(20)36-6-2-33-1-5-35-17/h9-12H,1-8H2. The Hall–Kier alpha value is -4.84. The molecule has 38 heavy (non-hydrogen) atoms. The molecule has 0 radical (unpaired) electrons. The van der Waals surface area contributed by atoms with E-state index in [9.17, 15) is 40.5 Å². The molecule has 18 nitrogen and oxygen atoms in total. The number of hydrogen-bond donors (Lipinski definition) is 0. The van der Waals surface area contributed by atoms with Gasteiger partial charge >= 0.3 is 22.7 Å². The Morgan fingerprint density at radius 1 is 0.421 bits per heavy atom. The predicted molar refractivity (Wildman–Crippen MR) is 123 cm³/mol. The molecule has 2 aromatic rings. The van der Waals surface area contributed by atoms with Gasteiger partial charge in [0.1, 0.15) is 26.4 Å². The normalized spacial score (nSPS) is 14.9. The summed E-state index contributed by atoms with van der Waals surface area (Å²) < 4.78 is 32.6. The molecule has 2 aromatic carbocycles. The Labute approximate surface area is 212 Å². The molecule has 0 unspecified atom stereocenters. The zero-order valence-electron chi connectivity index (χ0n) is 19.5. The van der Waals surface area contributed by atoms with Crippen LogP contribution in [0.5, 0.6) is 23.0 Å². The molecule has 0 atom stereocenters. The first kappa shape index (κ1) is 27.7. The Kier molecular flexibility index (Phi) is 9.43. The van der Waals surface area contributed by atoms with Crippen LogP contribution in [0, 0.1) is 40.5 Å². The molecule has 0 saturated heterocycles. The van der Waals surface area contributed by atoms with E-state index in [1.54, 1.807) is 0 Å². The number of benzene rings is 2. The van der Waals surface area contributed by atoms with Crippen LogP contribution in [-0.4, -0.2) is 72.5 Å². The van der Waals surface area contributed by atoms with Gasteiger partial charge in [-0.1, -0.05) is 0 Å². The van der Waals surface area contributed by atoms with Gasteiger partial charge in [-0.2, -0.15) is 0 Å². The van der Waals surface area contributed by atoms with Crippen molar-refractivity contribution >= 4 is 22.7 Å². The lowest BCUT2D eigenvalue weighted by atomic mass is 10.2. The summed E-state index contributed by atoms with van der Waals surface area (Å²) in [5.74, 6) is -0.465. The number of rotatable bonds is 4. The van der Waals surface area contributed by atoms with Crippen LogP contribution >= 0.6 is 0 Å². The van der Waals surface area contributed by atoms with Crippen molar-refractivity contribution in [3.05, 3.63) is 64.7 Å². The largest absolute Gasteiger partial charge is 0.487 e. The minimum absolute atomic E-state index is 0.0412. The van der Waals surface area contributed by atoms with Crippen LogP contribution in [-0.2, 0) is 9.47 Å². The second-order valence-electron chi connectivity index (χ2n) is 7.22. The second kappa shape index (κ2) is 12.9. The maximum atomic E-state index is 11.3. The van der Waals surface area contributed by atoms with Gasteiger partial charge in [-0.25, -0.2) is 0 Å². The minimum Gasteiger partial charge on any atom is -0.487 e. The third-order valence-corrected chi connectivity index (χ3v) is 4.81. The third kappa shape index (κ3) is 7.11. The molecule has 0 aromatic heterocycles. The van der Waals surface area contributed by atoms with Crippen molar-refractivity contribution in [3.8, 4) is 23.0 Å². The zero-order chi connectivity index (χ0) is 27.7. The molecule has 0 N–H and O–H groups in total. The maximum Gasteiger partial charge on any atom is 0.350 e. The summed E-state index contributed by atoms with van der Waals surface area (Å²) in [5.41, 5.74) is -3.13. The Morgan fingerprint density at radius 2 is 0.632 bits per heavy atom. The molecule has 204 valence electrons. The maximum absolute atomic E-state index is 11.3. The van der Waals surface area contributed by atoms with E-state index in [2.05, 4.69) is 0 Å². The predicted octanol–water partition coefficient (Wildman–Crippen LogP) is 2.58. The average Bonchev–Trinajstić information content (AvgIpc) is 2.86. The molecule has 0 spiro atoms. The van der Waals surface area contributed by atoms with Crippen molar-refractivity contribution in [2.45, 2.75) is 0 Å². The van der Waals surface area contributed by atoms with Crippen molar-refractivity contribution < 1.29 is 48.1 Å². The lowest BCUT2D eigenvalue weighted by Crippen LogP contribution is -2.16. The van der Waals surface area contributed by atoms with Crippen LogP contribution in [0.2, 0.25) is 0 Å². The average molecular weight is 540 g/mol. The van der Waals surface area contributed by atoms with Crippen molar-refractivity contribution in [2.75, 3.05) is 52.9 Å². The van der Waals surface area contributed by atoms with Gasteiger partial charge in [-0.3, -0.25) is 40.5 Å². The Morgan fingerprint density at radius 3 is 0.816 bits per heavy atom. The number of hydrogen-bond acceptors (Lipinski definition) is 14. The fraction of sp³-hybridized carbons (Fsp3) is 0.400. The SMILES string of the molecule is O=[N+]([O-])c1cc2c(cc1[N+](=O)[O-])OCCOCCOc1cc([N+](=O)[O-])c([N+](=O)[O-])cc1OCCOCCO2. The van der Waals surface area contributed by atoms with Gasteiger partial charge in [-0.05, 0) is 0 Å². The number of nitrogens with zero attached hydrogens (tertiary/aromatic N) is 4. The molecule has 0 fully saturated rings. The third-order valence-electron chi connectivity index (χ3n) is 4.81. The van der Waals surface area contributed by atoms with Gasteiger partial charge in [0.25, 0.3) is 0 Å². The lowest BCUT2D eigenvalue weighted by molar-refractivity contribution is -0.422. The fourth-order valence-corrected chi connectivity index (χ4v) is 3.16. The first-order valence-corrected chi connectivity index (χ1v) is 10.8. The molecule has 18 heteroatoms. The summed E-state index contributed by atoms with van der Waals surface area (Å²) in [5, 5.41) is 45.1. The van der Waals surface area contributed by atoms with Crippen molar-refractivity contribution in [3.63, 3.8) is 0 Å². The number of ether oxygens (including phenoxy) is 6. The van der Waals surface area contributed by atoms with Crippen LogP contribution in [0.1, 0.15) is 0 Å². The summed E-state index contributed by atoms with van der Waals surface area (Å²) in [6, 6.07) is 3.53. The van der Waals surface area contributed by atoms with E-state index in [0.717, 1.165) is 24.3 Å². The van der Waals surface area contributed by atoms with Gasteiger partial charge in [0.05, 0.1) is 70.4 Å². The van der Waals surface area contributed by atoms with Crippen LogP contribution in [0.3, 0.4) is 0 Å². The fourth-order valence-electron chi connectivity index (χ4n) is 3.16. The molecular formula is C20H20N4O14. The summed E-state index contributed by atoms with van der Waals surface area (Å²) >= 11 is 0. The van der Waals surface area contributed by atoms with Crippen LogP contribution in [0.4, 0.5) is 22.7 Å². The van der Waals surface area contributed by atoms with E-state index in [1.807, 2.05) is 0 Å². The zero-order valence-corrected chi connectivity index (χ0v) is 19.5.